The van der Waals surface area contributed by atoms with E-state index in [2.05, 4.69) is 16.4 Å². The Hall–Kier alpha value is -3.21. The molecule has 0 unspecified atom stereocenters. The van der Waals surface area contributed by atoms with E-state index in [4.69, 9.17) is 4.74 Å². The van der Waals surface area contributed by atoms with Crippen LogP contribution in [0.1, 0.15) is 67.5 Å². The van der Waals surface area contributed by atoms with Crippen LogP contribution in [0.15, 0.2) is 23.0 Å². The quantitative estimate of drug-likeness (QED) is 0.758. The average molecular weight is 422 g/mol. The van der Waals surface area contributed by atoms with Crippen LogP contribution in [-0.4, -0.2) is 33.6 Å². The maximum absolute atomic E-state index is 12.8. The van der Waals surface area contributed by atoms with Crippen molar-refractivity contribution >= 4 is 22.8 Å². The standard InChI is InChI=1S/C23H26N4O4/c24-15-23(10-4-2-5-11-23)26-20(28)14-31-22(30)16-8-9-17-18(13-16)25-19-7-3-1-6-12-27(19)21(17)29/h8-9,13H,1-7,10-12,14H2,(H,26,28). The number of hydrogen-bond donors (Lipinski definition) is 1. The molecule has 4 rings (SSSR count). The summed E-state index contributed by atoms with van der Waals surface area (Å²) >= 11 is 0. The first-order valence-electron chi connectivity index (χ1n) is 10.9. The molecule has 1 aliphatic heterocycles. The summed E-state index contributed by atoms with van der Waals surface area (Å²) in [6.45, 7) is 0.209. The second-order valence-electron chi connectivity index (χ2n) is 8.41. The van der Waals surface area contributed by atoms with E-state index >= 15 is 0 Å². The normalized spacial score (nSPS) is 17.8. The highest BCUT2D eigenvalue weighted by Crippen LogP contribution is 2.27. The highest BCUT2D eigenvalue weighted by Gasteiger charge is 2.33. The van der Waals surface area contributed by atoms with Gasteiger partial charge in [-0.3, -0.25) is 14.2 Å². The second kappa shape index (κ2) is 8.88. The smallest absolute Gasteiger partial charge is 0.338 e. The molecule has 1 N–H and O–H groups in total. The van der Waals surface area contributed by atoms with Crippen molar-refractivity contribution in [2.75, 3.05) is 6.61 Å². The summed E-state index contributed by atoms with van der Waals surface area (Å²) < 4.78 is 6.89. The van der Waals surface area contributed by atoms with Crippen LogP contribution in [-0.2, 0) is 22.5 Å². The van der Waals surface area contributed by atoms with Gasteiger partial charge in [-0.05, 0) is 43.9 Å². The minimum atomic E-state index is -0.866. The molecule has 1 aromatic heterocycles. The van der Waals surface area contributed by atoms with E-state index in [1.165, 1.54) is 6.07 Å². The molecule has 0 bridgehead atoms. The van der Waals surface area contributed by atoms with Crippen molar-refractivity contribution in [1.29, 1.82) is 5.26 Å². The fourth-order valence-electron chi connectivity index (χ4n) is 4.48. The lowest BCUT2D eigenvalue weighted by Gasteiger charge is -2.31. The van der Waals surface area contributed by atoms with Gasteiger partial charge in [-0.25, -0.2) is 9.78 Å². The Balaban J connectivity index is 1.46. The molecule has 8 nitrogen and oxygen atoms in total. The Kier molecular flexibility index (Phi) is 6.03. The molecule has 0 radical (unpaired) electrons. The number of hydrogen-bond acceptors (Lipinski definition) is 6. The minimum Gasteiger partial charge on any atom is -0.452 e. The number of fused-ring (bicyclic) bond motifs is 2. The molecule has 31 heavy (non-hydrogen) atoms. The predicted molar refractivity (Wildman–Crippen MR) is 113 cm³/mol. The van der Waals surface area contributed by atoms with Gasteiger partial charge >= 0.3 is 5.97 Å². The molecule has 1 saturated carbocycles. The van der Waals surface area contributed by atoms with Crippen molar-refractivity contribution in [3.63, 3.8) is 0 Å². The fourth-order valence-corrected chi connectivity index (χ4v) is 4.48. The summed E-state index contributed by atoms with van der Waals surface area (Å²) in [5.74, 6) is -0.406. The molecule has 0 atom stereocenters. The zero-order valence-corrected chi connectivity index (χ0v) is 17.5. The molecule has 1 aliphatic carbocycles. The molecule has 2 heterocycles. The Morgan fingerprint density at radius 3 is 2.71 bits per heavy atom. The maximum Gasteiger partial charge on any atom is 0.338 e. The van der Waals surface area contributed by atoms with E-state index in [9.17, 15) is 19.6 Å². The first kappa shape index (κ1) is 21.0. The van der Waals surface area contributed by atoms with Crippen LogP contribution in [0.5, 0.6) is 0 Å². The lowest BCUT2D eigenvalue weighted by atomic mass is 9.83. The monoisotopic (exact) mass is 422 g/mol. The van der Waals surface area contributed by atoms with Gasteiger partial charge < -0.3 is 10.1 Å². The number of esters is 1. The number of benzene rings is 1. The van der Waals surface area contributed by atoms with Crippen molar-refractivity contribution in [2.24, 2.45) is 0 Å². The molecule has 0 spiro atoms. The molecule has 162 valence electrons. The number of ether oxygens (including phenoxy) is 1. The zero-order chi connectivity index (χ0) is 21.8. The van der Waals surface area contributed by atoms with Crippen molar-refractivity contribution < 1.29 is 14.3 Å². The first-order chi connectivity index (χ1) is 15.0. The van der Waals surface area contributed by atoms with Gasteiger partial charge in [-0.2, -0.15) is 5.26 Å². The van der Waals surface area contributed by atoms with E-state index in [1.807, 2.05) is 0 Å². The van der Waals surface area contributed by atoms with Crippen LogP contribution < -0.4 is 10.9 Å². The van der Waals surface area contributed by atoms with Gasteiger partial charge in [0.15, 0.2) is 6.61 Å². The van der Waals surface area contributed by atoms with Crippen molar-refractivity contribution in [2.45, 2.75) is 69.9 Å². The maximum atomic E-state index is 12.8. The highest BCUT2D eigenvalue weighted by atomic mass is 16.5. The number of amides is 1. The molecule has 1 fully saturated rings. The lowest BCUT2D eigenvalue weighted by molar-refractivity contribution is -0.125. The summed E-state index contributed by atoms with van der Waals surface area (Å²) in [4.78, 5) is 42.2. The molecular formula is C23H26N4O4. The Morgan fingerprint density at radius 2 is 1.94 bits per heavy atom. The SMILES string of the molecule is N#CC1(NC(=O)COC(=O)c2ccc3c(=O)n4c(nc3c2)CCCCC4)CCCCC1. The summed E-state index contributed by atoms with van der Waals surface area (Å²) in [5.41, 5.74) is -0.258. The average Bonchev–Trinajstić information content (AvgIpc) is 3.03. The van der Waals surface area contributed by atoms with E-state index in [0.717, 1.165) is 50.8 Å². The van der Waals surface area contributed by atoms with Crippen LogP contribution in [0.4, 0.5) is 0 Å². The molecule has 0 saturated heterocycles. The van der Waals surface area contributed by atoms with Gasteiger partial charge in [0, 0.05) is 13.0 Å². The predicted octanol–water partition coefficient (Wildman–Crippen LogP) is 2.62. The highest BCUT2D eigenvalue weighted by molar-refractivity contribution is 5.95. The minimum absolute atomic E-state index is 0.0875. The fraction of sp³-hybridized carbons (Fsp3) is 0.522. The largest absolute Gasteiger partial charge is 0.452 e. The summed E-state index contributed by atoms with van der Waals surface area (Å²) in [5, 5.41) is 12.7. The van der Waals surface area contributed by atoms with Crippen LogP contribution in [0.25, 0.3) is 10.9 Å². The Bertz CT molecular complexity index is 1110. The number of nitriles is 1. The van der Waals surface area contributed by atoms with Gasteiger partial charge in [0.25, 0.3) is 11.5 Å². The van der Waals surface area contributed by atoms with E-state index in [0.29, 0.717) is 30.3 Å². The third-order valence-corrected chi connectivity index (χ3v) is 6.19. The third-order valence-electron chi connectivity index (χ3n) is 6.19. The van der Waals surface area contributed by atoms with Crippen LogP contribution in [0.2, 0.25) is 0 Å². The van der Waals surface area contributed by atoms with Gasteiger partial charge in [0.1, 0.15) is 11.4 Å². The number of carbonyl (C=O) groups is 2. The Morgan fingerprint density at radius 1 is 1.16 bits per heavy atom. The lowest BCUT2D eigenvalue weighted by Crippen LogP contribution is -2.50. The molecule has 2 aromatic rings. The first-order valence-corrected chi connectivity index (χ1v) is 10.9. The Labute approximate surface area is 180 Å². The summed E-state index contributed by atoms with van der Waals surface area (Å²) in [7, 11) is 0. The number of nitrogens with one attached hydrogen (secondary N) is 1. The molecule has 1 amide bonds. The van der Waals surface area contributed by atoms with Gasteiger partial charge in [0.05, 0.1) is 22.5 Å². The van der Waals surface area contributed by atoms with E-state index < -0.39 is 24.0 Å². The number of rotatable bonds is 4. The number of aryl methyl sites for hydroxylation is 1. The van der Waals surface area contributed by atoms with Crippen LogP contribution >= 0.6 is 0 Å². The molecule has 8 heteroatoms. The van der Waals surface area contributed by atoms with Gasteiger partial charge in [-0.1, -0.05) is 25.7 Å². The van der Waals surface area contributed by atoms with E-state index in [-0.39, 0.29) is 11.1 Å². The second-order valence-corrected chi connectivity index (χ2v) is 8.41. The van der Waals surface area contributed by atoms with Gasteiger partial charge in [0.2, 0.25) is 0 Å². The molecular weight excluding hydrogens is 396 g/mol. The molecule has 2 aliphatic rings. The number of nitrogens with zero attached hydrogens (tertiary/aromatic N) is 3. The third kappa shape index (κ3) is 4.46. The van der Waals surface area contributed by atoms with Crippen molar-refractivity contribution in [1.82, 2.24) is 14.9 Å². The van der Waals surface area contributed by atoms with Crippen LogP contribution in [0, 0.1) is 11.3 Å². The molecule has 1 aromatic carbocycles. The topological polar surface area (TPSA) is 114 Å². The van der Waals surface area contributed by atoms with E-state index in [1.54, 1.807) is 16.7 Å². The number of aromatic nitrogens is 2. The van der Waals surface area contributed by atoms with Crippen molar-refractivity contribution in [3.05, 3.63) is 39.9 Å². The van der Waals surface area contributed by atoms with Crippen LogP contribution in [0.3, 0.4) is 0 Å². The summed E-state index contributed by atoms with van der Waals surface area (Å²) in [6, 6.07) is 6.86. The zero-order valence-electron chi connectivity index (χ0n) is 17.5. The van der Waals surface area contributed by atoms with Crippen molar-refractivity contribution in [3.8, 4) is 6.07 Å². The van der Waals surface area contributed by atoms with Gasteiger partial charge in [-0.15, -0.1) is 0 Å². The number of carbonyl (C=O) groups excluding carboxylic acids is 2. The summed E-state index contributed by atoms with van der Waals surface area (Å²) in [6.07, 6.45) is 7.80.